The molecule has 1 N–H and O–H groups in total. The summed E-state index contributed by atoms with van der Waals surface area (Å²) in [6.07, 6.45) is 1.51. The zero-order valence-electron chi connectivity index (χ0n) is 27.0. The molecule has 1 saturated heterocycles. The van der Waals surface area contributed by atoms with Crippen LogP contribution in [0.1, 0.15) is 34.7 Å². The highest BCUT2D eigenvalue weighted by Crippen LogP contribution is 2.39. The molecule has 1 aliphatic heterocycles. The number of anilines is 3. The number of halogens is 2. The van der Waals surface area contributed by atoms with Crippen molar-refractivity contribution in [2.75, 3.05) is 28.3 Å². The lowest BCUT2D eigenvalue weighted by Gasteiger charge is -2.36. The highest BCUT2D eigenvalue weighted by Gasteiger charge is 2.41. The van der Waals surface area contributed by atoms with Crippen molar-refractivity contribution in [2.24, 2.45) is 0 Å². The number of hydrogen-bond acceptors (Lipinski definition) is 6. The lowest BCUT2D eigenvalue weighted by atomic mass is 10.0. The highest BCUT2D eigenvalue weighted by molar-refractivity contribution is 9.11. The first kappa shape index (κ1) is 35.0. The lowest BCUT2D eigenvalue weighted by Crippen LogP contribution is -2.57. The number of nitrogens with zero attached hydrogens (tertiary/aromatic N) is 2. The second-order valence-corrected chi connectivity index (χ2v) is 13.3. The fraction of sp³-hybridized carbons (Fsp3) is 0.189. The first-order valence-electron chi connectivity index (χ1n) is 15.1. The minimum atomic E-state index is -0.556. The topological polar surface area (TPSA) is 88.2 Å². The Hall–Kier alpha value is -4.32. The number of para-hydroxylation sites is 1. The molecule has 4 aromatic carbocycles. The van der Waals surface area contributed by atoms with Gasteiger partial charge in [0.2, 0.25) is 0 Å². The predicted molar refractivity (Wildman–Crippen MR) is 201 cm³/mol. The zero-order valence-corrected chi connectivity index (χ0v) is 31.0. The average molecular weight is 792 g/mol. The summed E-state index contributed by atoms with van der Waals surface area (Å²) in [7, 11) is 0. The number of carbonyl (C=O) groups excluding carboxylic acids is 3. The van der Waals surface area contributed by atoms with Crippen LogP contribution in [0.25, 0.3) is 6.08 Å². The SMILES string of the molecule is CCOc1cc(/C=C2\C(=O)N(c3ccccc3)C(=S)N(c3ccc(C)c(C)c3)C2=O)cc(Br)c1OCC(=O)Nc1cc(C)c(C)cc1Br. The van der Waals surface area contributed by atoms with Crippen LogP contribution < -0.4 is 24.6 Å². The van der Waals surface area contributed by atoms with Gasteiger partial charge >= 0.3 is 0 Å². The Morgan fingerprint density at radius 2 is 1.44 bits per heavy atom. The largest absolute Gasteiger partial charge is 0.490 e. The molecule has 11 heteroatoms. The molecule has 0 saturated carbocycles. The maximum absolute atomic E-state index is 14.1. The van der Waals surface area contributed by atoms with Crippen LogP contribution in [-0.4, -0.2) is 36.0 Å². The van der Waals surface area contributed by atoms with Crippen LogP contribution in [-0.2, 0) is 14.4 Å². The van der Waals surface area contributed by atoms with Crippen molar-refractivity contribution in [1.29, 1.82) is 0 Å². The van der Waals surface area contributed by atoms with Crippen LogP contribution >= 0.6 is 44.1 Å². The summed E-state index contributed by atoms with van der Waals surface area (Å²) in [6.45, 7) is 9.74. The molecule has 0 radical (unpaired) electrons. The Balaban J connectivity index is 1.49. The monoisotopic (exact) mass is 789 g/mol. The lowest BCUT2D eigenvalue weighted by molar-refractivity contribution is -0.121. The fourth-order valence-corrected chi connectivity index (χ4v) is 6.58. The van der Waals surface area contributed by atoms with Crippen molar-refractivity contribution in [3.8, 4) is 11.5 Å². The number of ether oxygens (including phenoxy) is 2. The van der Waals surface area contributed by atoms with E-state index in [0.717, 1.165) is 26.7 Å². The maximum atomic E-state index is 14.1. The van der Waals surface area contributed by atoms with Gasteiger partial charge in [-0.05, 0) is 161 Å². The molecule has 0 aromatic heterocycles. The number of rotatable bonds is 9. The molecule has 0 atom stereocenters. The van der Waals surface area contributed by atoms with E-state index < -0.39 is 11.8 Å². The minimum Gasteiger partial charge on any atom is -0.490 e. The van der Waals surface area contributed by atoms with Crippen molar-refractivity contribution in [1.82, 2.24) is 0 Å². The number of carbonyl (C=O) groups is 3. The molecule has 1 fully saturated rings. The van der Waals surface area contributed by atoms with Gasteiger partial charge < -0.3 is 14.8 Å². The summed E-state index contributed by atoms with van der Waals surface area (Å²) >= 11 is 12.8. The molecule has 4 aromatic rings. The zero-order chi connectivity index (χ0) is 34.7. The van der Waals surface area contributed by atoms with Gasteiger partial charge in [0.25, 0.3) is 17.7 Å². The molecule has 0 spiro atoms. The molecular formula is C37H33Br2N3O5S. The normalized spacial score (nSPS) is 14.1. The molecule has 0 bridgehead atoms. The Labute approximate surface area is 302 Å². The van der Waals surface area contributed by atoms with Crippen molar-refractivity contribution >= 4 is 90.0 Å². The molecule has 0 unspecified atom stereocenters. The van der Waals surface area contributed by atoms with Gasteiger partial charge in [0.15, 0.2) is 23.2 Å². The van der Waals surface area contributed by atoms with E-state index in [1.807, 2.05) is 71.0 Å². The number of thiocarbonyl (C=S) groups is 1. The first-order valence-corrected chi connectivity index (χ1v) is 17.1. The van der Waals surface area contributed by atoms with Crippen LogP contribution in [0.3, 0.4) is 0 Å². The second kappa shape index (κ2) is 14.8. The Bertz CT molecular complexity index is 1980. The Morgan fingerprint density at radius 3 is 2.10 bits per heavy atom. The van der Waals surface area contributed by atoms with E-state index in [1.54, 1.807) is 36.4 Å². The van der Waals surface area contributed by atoms with E-state index >= 15 is 0 Å². The molecular weight excluding hydrogens is 758 g/mol. The van der Waals surface area contributed by atoms with Crippen LogP contribution in [0.2, 0.25) is 0 Å². The van der Waals surface area contributed by atoms with Crippen molar-refractivity contribution in [2.45, 2.75) is 34.6 Å². The molecule has 48 heavy (non-hydrogen) atoms. The number of hydrogen-bond donors (Lipinski definition) is 1. The Kier molecular flexibility index (Phi) is 10.8. The van der Waals surface area contributed by atoms with Gasteiger partial charge in [-0.1, -0.05) is 24.3 Å². The van der Waals surface area contributed by atoms with E-state index in [-0.39, 0.29) is 23.2 Å². The Morgan fingerprint density at radius 1 is 0.792 bits per heavy atom. The number of nitrogens with one attached hydrogen (secondary N) is 1. The van der Waals surface area contributed by atoms with Crippen molar-refractivity contribution < 1.29 is 23.9 Å². The van der Waals surface area contributed by atoms with E-state index in [1.165, 1.54) is 15.9 Å². The van der Waals surface area contributed by atoms with Gasteiger partial charge in [-0.15, -0.1) is 0 Å². The van der Waals surface area contributed by atoms with E-state index in [2.05, 4.69) is 37.2 Å². The summed E-state index contributed by atoms with van der Waals surface area (Å²) in [6, 6.07) is 21.8. The second-order valence-electron chi connectivity index (χ2n) is 11.2. The average Bonchev–Trinajstić information content (AvgIpc) is 3.04. The van der Waals surface area contributed by atoms with Gasteiger partial charge in [-0.25, -0.2) is 0 Å². The van der Waals surface area contributed by atoms with E-state index in [9.17, 15) is 14.4 Å². The molecule has 1 aliphatic rings. The van der Waals surface area contributed by atoms with Crippen LogP contribution in [0.15, 0.2) is 87.3 Å². The summed E-state index contributed by atoms with van der Waals surface area (Å²) in [5.41, 5.74) is 6.32. The van der Waals surface area contributed by atoms with Gasteiger partial charge in [0, 0.05) is 4.47 Å². The molecule has 5 rings (SSSR count). The van der Waals surface area contributed by atoms with Crippen LogP contribution in [0.5, 0.6) is 11.5 Å². The number of aryl methyl sites for hydroxylation is 4. The molecule has 0 aliphatic carbocycles. The highest BCUT2D eigenvalue weighted by atomic mass is 79.9. The van der Waals surface area contributed by atoms with E-state index in [0.29, 0.717) is 45.2 Å². The summed E-state index contributed by atoms with van der Waals surface area (Å²) in [5, 5.41) is 2.93. The van der Waals surface area contributed by atoms with Gasteiger partial charge in [-0.2, -0.15) is 0 Å². The number of amides is 3. The van der Waals surface area contributed by atoms with Crippen molar-refractivity contribution in [3.05, 3.63) is 115 Å². The minimum absolute atomic E-state index is 0.0580. The third-order valence-corrected chi connectivity index (χ3v) is 9.47. The maximum Gasteiger partial charge on any atom is 0.270 e. The van der Waals surface area contributed by atoms with Gasteiger partial charge in [0.1, 0.15) is 5.57 Å². The molecule has 3 amide bonds. The molecule has 246 valence electrons. The van der Waals surface area contributed by atoms with Gasteiger partial charge in [0.05, 0.1) is 28.1 Å². The standard InChI is InChI=1S/C37H33Br2N3O5S/c1-6-46-32-19-25(18-30(39)34(32)47-20-33(43)40-31-16-24(5)23(4)15-29(31)38)17-28-35(44)41(26-10-8-7-9-11-26)37(48)42(36(28)45)27-13-12-21(2)22(3)14-27/h7-19H,6,20H2,1-5H3,(H,40,43)/b28-17+. The summed E-state index contributed by atoms with van der Waals surface area (Å²) in [5.74, 6) is -0.834. The molecule has 1 heterocycles. The quantitative estimate of drug-likeness (QED) is 0.104. The first-order chi connectivity index (χ1) is 22.9. The van der Waals surface area contributed by atoms with Crippen LogP contribution in [0.4, 0.5) is 17.1 Å². The van der Waals surface area contributed by atoms with Gasteiger partial charge in [-0.3, -0.25) is 24.2 Å². The summed E-state index contributed by atoms with van der Waals surface area (Å²) in [4.78, 5) is 43.7. The smallest absolute Gasteiger partial charge is 0.270 e. The third kappa shape index (κ3) is 7.38. The molecule has 8 nitrogen and oxygen atoms in total. The van der Waals surface area contributed by atoms with Crippen molar-refractivity contribution in [3.63, 3.8) is 0 Å². The van der Waals surface area contributed by atoms with Crippen LogP contribution in [0, 0.1) is 27.7 Å². The fourth-order valence-electron chi connectivity index (χ4n) is 5.07. The third-order valence-electron chi connectivity index (χ3n) is 7.86. The summed E-state index contributed by atoms with van der Waals surface area (Å²) < 4.78 is 13.1. The van der Waals surface area contributed by atoms with E-state index in [4.69, 9.17) is 21.7 Å². The number of benzene rings is 4. The predicted octanol–water partition coefficient (Wildman–Crippen LogP) is 8.61.